The van der Waals surface area contributed by atoms with Crippen molar-refractivity contribution in [3.8, 4) is 0 Å². The van der Waals surface area contributed by atoms with E-state index in [1.165, 1.54) is 0 Å². The summed E-state index contributed by atoms with van der Waals surface area (Å²) in [6.45, 7) is 8.49. The maximum Gasteiger partial charge on any atom is 0.323 e. The second-order valence-corrected chi connectivity index (χ2v) is 5.74. The smallest absolute Gasteiger partial charge is 0.323 e. The number of ether oxygens (including phenoxy) is 3. The quantitative estimate of drug-likeness (QED) is 0.509. The molecule has 0 spiro atoms. The van der Waals surface area contributed by atoms with Crippen LogP contribution in [0.1, 0.15) is 53.4 Å². The van der Waals surface area contributed by atoms with Gasteiger partial charge in [0.1, 0.15) is 0 Å². The van der Waals surface area contributed by atoms with E-state index >= 15 is 0 Å². The second kappa shape index (κ2) is 8.37. The van der Waals surface area contributed by atoms with E-state index in [-0.39, 0.29) is 25.2 Å². The van der Waals surface area contributed by atoms with Crippen LogP contribution in [0.2, 0.25) is 0 Å². The SMILES string of the molecule is CCOC(=O)C(CCC1CCCO1)(C(=O)OCC)C(C)C. The van der Waals surface area contributed by atoms with Crippen molar-refractivity contribution in [2.24, 2.45) is 11.3 Å². The molecule has 0 bridgehead atoms. The molecule has 21 heavy (non-hydrogen) atoms. The van der Waals surface area contributed by atoms with Crippen LogP contribution in [0, 0.1) is 11.3 Å². The average molecular weight is 300 g/mol. The molecule has 1 rings (SSSR count). The third kappa shape index (κ3) is 4.19. The van der Waals surface area contributed by atoms with Crippen molar-refractivity contribution in [2.75, 3.05) is 19.8 Å². The maximum absolute atomic E-state index is 12.5. The summed E-state index contributed by atoms with van der Waals surface area (Å²) in [5.41, 5.74) is -1.22. The van der Waals surface area contributed by atoms with Gasteiger partial charge in [0, 0.05) is 6.61 Å². The molecule has 0 radical (unpaired) electrons. The molecule has 0 N–H and O–H groups in total. The Balaban J connectivity index is 2.92. The van der Waals surface area contributed by atoms with E-state index in [0.29, 0.717) is 12.8 Å². The minimum Gasteiger partial charge on any atom is -0.465 e. The van der Waals surface area contributed by atoms with Crippen LogP contribution in [0.5, 0.6) is 0 Å². The van der Waals surface area contributed by atoms with Crippen LogP contribution in [0.3, 0.4) is 0 Å². The van der Waals surface area contributed by atoms with E-state index in [1.807, 2.05) is 13.8 Å². The van der Waals surface area contributed by atoms with E-state index in [1.54, 1.807) is 13.8 Å². The number of hydrogen-bond donors (Lipinski definition) is 0. The Kier molecular flexibility index (Phi) is 7.15. The largest absolute Gasteiger partial charge is 0.465 e. The summed E-state index contributed by atoms with van der Waals surface area (Å²) in [6.07, 6.45) is 3.24. The molecule has 1 unspecified atom stereocenters. The summed E-state index contributed by atoms with van der Waals surface area (Å²) in [4.78, 5) is 24.9. The third-order valence-electron chi connectivity index (χ3n) is 4.15. The van der Waals surface area contributed by atoms with Gasteiger partial charge >= 0.3 is 11.9 Å². The van der Waals surface area contributed by atoms with Crippen molar-refractivity contribution in [2.45, 2.75) is 59.5 Å². The van der Waals surface area contributed by atoms with E-state index < -0.39 is 17.4 Å². The van der Waals surface area contributed by atoms with Crippen LogP contribution in [0.15, 0.2) is 0 Å². The Bertz CT molecular complexity index is 327. The van der Waals surface area contributed by atoms with Gasteiger partial charge in [-0.05, 0) is 45.4 Å². The predicted octanol–water partition coefficient (Wildman–Crippen LogP) is 2.71. The van der Waals surface area contributed by atoms with Crippen LogP contribution < -0.4 is 0 Å². The molecule has 1 aliphatic rings. The molecule has 0 aromatic rings. The van der Waals surface area contributed by atoms with Gasteiger partial charge in [0.15, 0.2) is 5.41 Å². The number of hydrogen-bond acceptors (Lipinski definition) is 5. The van der Waals surface area contributed by atoms with Crippen molar-refractivity contribution in [1.82, 2.24) is 0 Å². The Hall–Kier alpha value is -1.10. The van der Waals surface area contributed by atoms with Crippen molar-refractivity contribution in [3.05, 3.63) is 0 Å². The van der Waals surface area contributed by atoms with Gasteiger partial charge in [0.05, 0.1) is 19.3 Å². The first kappa shape index (κ1) is 18.0. The summed E-state index contributed by atoms with van der Waals surface area (Å²) >= 11 is 0. The van der Waals surface area contributed by atoms with Gasteiger partial charge in [-0.25, -0.2) is 0 Å². The standard InChI is InChI=1S/C16H28O5/c1-5-19-14(17)16(12(3)4,15(18)20-6-2)10-9-13-8-7-11-21-13/h12-13H,5-11H2,1-4H3. The molecule has 1 heterocycles. The molecule has 0 aromatic heterocycles. The zero-order chi connectivity index (χ0) is 15.9. The molecule has 0 aliphatic carbocycles. The van der Waals surface area contributed by atoms with Gasteiger partial charge in [-0.3, -0.25) is 9.59 Å². The monoisotopic (exact) mass is 300 g/mol. The van der Waals surface area contributed by atoms with Gasteiger partial charge in [0.2, 0.25) is 0 Å². The summed E-state index contributed by atoms with van der Waals surface area (Å²) < 4.78 is 15.9. The van der Waals surface area contributed by atoms with Crippen molar-refractivity contribution in [3.63, 3.8) is 0 Å². The molecule has 0 saturated carbocycles. The first-order chi connectivity index (χ1) is 9.98. The molecule has 1 aliphatic heterocycles. The normalized spacial score (nSPS) is 18.8. The first-order valence-electron chi connectivity index (χ1n) is 7.95. The van der Waals surface area contributed by atoms with Gasteiger partial charge in [0.25, 0.3) is 0 Å². The van der Waals surface area contributed by atoms with E-state index in [9.17, 15) is 9.59 Å². The van der Waals surface area contributed by atoms with Crippen LogP contribution in [0.4, 0.5) is 0 Å². The topological polar surface area (TPSA) is 61.8 Å². The first-order valence-corrected chi connectivity index (χ1v) is 7.95. The fourth-order valence-electron chi connectivity index (χ4n) is 2.83. The molecule has 1 fully saturated rings. The van der Waals surface area contributed by atoms with Gasteiger partial charge in [-0.2, -0.15) is 0 Å². The van der Waals surface area contributed by atoms with Gasteiger partial charge in [-0.1, -0.05) is 13.8 Å². The summed E-state index contributed by atoms with van der Waals surface area (Å²) in [5.74, 6) is -1.13. The van der Waals surface area contributed by atoms with E-state index in [2.05, 4.69) is 0 Å². The molecule has 1 saturated heterocycles. The zero-order valence-corrected chi connectivity index (χ0v) is 13.6. The Morgan fingerprint density at radius 2 is 1.76 bits per heavy atom. The van der Waals surface area contributed by atoms with Gasteiger partial charge in [-0.15, -0.1) is 0 Å². The molecular weight excluding hydrogens is 272 g/mol. The van der Waals surface area contributed by atoms with Crippen molar-refractivity contribution < 1.29 is 23.8 Å². The predicted molar refractivity (Wildman–Crippen MR) is 78.7 cm³/mol. The fourth-order valence-corrected chi connectivity index (χ4v) is 2.83. The molecule has 0 amide bonds. The van der Waals surface area contributed by atoms with Crippen molar-refractivity contribution in [1.29, 1.82) is 0 Å². The highest BCUT2D eigenvalue weighted by atomic mass is 16.6. The van der Waals surface area contributed by atoms with Crippen LogP contribution in [0.25, 0.3) is 0 Å². The molecule has 5 heteroatoms. The van der Waals surface area contributed by atoms with Gasteiger partial charge < -0.3 is 14.2 Å². The number of rotatable bonds is 8. The minimum absolute atomic E-state index is 0.131. The average Bonchev–Trinajstić information content (AvgIpc) is 2.93. The maximum atomic E-state index is 12.5. The minimum atomic E-state index is -1.22. The fraction of sp³-hybridized carbons (Fsp3) is 0.875. The molecule has 5 nitrogen and oxygen atoms in total. The highest BCUT2D eigenvalue weighted by molar-refractivity contribution is 6.00. The number of esters is 2. The highest BCUT2D eigenvalue weighted by Gasteiger charge is 2.51. The number of carbonyl (C=O) groups is 2. The Labute approximate surface area is 127 Å². The van der Waals surface area contributed by atoms with Crippen LogP contribution in [-0.4, -0.2) is 37.9 Å². The van der Waals surface area contributed by atoms with Crippen molar-refractivity contribution >= 4 is 11.9 Å². The third-order valence-corrected chi connectivity index (χ3v) is 4.15. The Morgan fingerprint density at radius 3 is 2.14 bits per heavy atom. The summed E-state index contributed by atoms with van der Waals surface area (Å²) in [5, 5.41) is 0. The second-order valence-electron chi connectivity index (χ2n) is 5.74. The lowest BCUT2D eigenvalue weighted by atomic mass is 9.73. The lowest BCUT2D eigenvalue weighted by Gasteiger charge is -2.33. The van der Waals surface area contributed by atoms with E-state index in [0.717, 1.165) is 19.4 Å². The van der Waals surface area contributed by atoms with Crippen LogP contribution >= 0.6 is 0 Å². The zero-order valence-electron chi connectivity index (χ0n) is 13.6. The summed E-state index contributed by atoms with van der Waals surface area (Å²) in [7, 11) is 0. The summed E-state index contributed by atoms with van der Waals surface area (Å²) in [6, 6.07) is 0. The highest BCUT2D eigenvalue weighted by Crippen LogP contribution is 2.38. The number of carbonyl (C=O) groups excluding carboxylic acids is 2. The molecule has 1 atom stereocenters. The van der Waals surface area contributed by atoms with E-state index in [4.69, 9.17) is 14.2 Å². The lowest BCUT2D eigenvalue weighted by molar-refractivity contribution is -0.177. The molecular formula is C16H28O5. The molecule has 122 valence electrons. The lowest BCUT2D eigenvalue weighted by Crippen LogP contribution is -2.46. The van der Waals surface area contributed by atoms with Crippen LogP contribution in [-0.2, 0) is 23.8 Å². The molecule has 0 aromatic carbocycles. The Morgan fingerprint density at radius 1 is 1.19 bits per heavy atom.